The molecule has 2 aromatic carbocycles. The molecule has 5 nitrogen and oxygen atoms in total. The fraction of sp³-hybridized carbons (Fsp3) is 0.0909. The van der Waals surface area contributed by atoms with Crippen molar-refractivity contribution < 1.29 is 13.9 Å². The Morgan fingerprint density at radius 3 is 2.77 bits per heavy atom. The van der Waals surface area contributed by atoms with Crippen molar-refractivity contribution in [3.05, 3.63) is 99.2 Å². The van der Waals surface area contributed by atoms with Crippen LogP contribution in [0, 0.1) is 5.82 Å². The number of nitrogens with zero attached hydrogens (tertiary/aromatic N) is 2. The average Bonchev–Trinajstić information content (AvgIpc) is 3.37. The van der Waals surface area contributed by atoms with Gasteiger partial charge in [0.05, 0.1) is 22.6 Å². The maximum atomic E-state index is 12.9. The summed E-state index contributed by atoms with van der Waals surface area (Å²) in [5, 5.41) is 9.53. The van der Waals surface area contributed by atoms with Crippen molar-refractivity contribution in [2.45, 2.75) is 13.2 Å². The molecule has 0 fully saturated rings. The maximum Gasteiger partial charge on any atom is 0.265 e. The summed E-state index contributed by atoms with van der Waals surface area (Å²) < 4.78 is 20.3. The molecule has 2 aromatic heterocycles. The summed E-state index contributed by atoms with van der Waals surface area (Å²) in [5.41, 5.74) is 2.57. The van der Waals surface area contributed by atoms with Gasteiger partial charge in [0.2, 0.25) is 0 Å². The van der Waals surface area contributed by atoms with Crippen molar-refractivity contribution in [2.75, 3.05) is 5.32 Å². The third-order valence-electron chi connectivity index (χ3n) is 4.23. The Hall–Kier alpha value is -3.16. The van der Waals surface area contributed by atoms with E-state index in [1.54, 1.807) is 35.3 Å². The molecule has 0 aliphatic rings. The lowest BCUT2D eigenvalue weighted by Crippen LogP contribution is -2.10. The molecule has 0 saturated carbocycles. The van der Waals surface area contributed by atoms with E-state index in [1.807, 2.05) is 29.6 Å². The second-order valence-electron chi connectivity index (χ2n) is 6.57. The molecule has 0 radical (unpaired) electrons. The number of ether oxygens (including phenoxy) is 1. The Labute approximate surface area is 181 Å². The molecule has 1 amide bonds. The molecule has 0 spiro atoms. The predicted molar refractivity (Wildman–Crippen MR) is 116 cm³/mol. The molecule has 30 heavy (non-hydrogen) atoms. The van der Waals surface area contributed by atoms with E-state index >= 15 is 0 Å². The fourth-order valence-corrected chi connectivity index (χ4v) is 3.77. The predicted octanol–water partition coefficient (Wildman–Crippen LogP) is 5.62. The van der Waals surface area contributed by atoms with Crippen LogP contribution in [0.1, 0.15) is 20.8 Å². The van der Waals surface area contributed by atoms with E-state index in [0.717, 1.165) is 11.1 Å². The molecular weight excluding hydrogens is 425 g/mol. The summed E-state index contributed by atoms with van der Waals surface area (Å²) >= 11 is 7.24. The molecule has 8 heteroatoms. The van der Waals surface area contributed by atoms with Crippen LogP contribution in [-0.2, 0) is 13.2 Å². The first-order valence-corrected chi connectivity index (χ1v) is 10.3. The van der Waals surface area contributed by atoms with E-state index in [4.69, 9.17) is 16.3 Å². The van der Waals surface area contributed by atoms with Crippen LogP contribution in [0.2, 0.25) is 5.02 Å². The second kappa shape index (κ2) is 9.11. The Morgan fingerprint density at radius 1 is 1.17 bits per heavy atom. The third kappa shape index (κ3) is 5.25. The van der Waals surface area contributed by atoms with Gasteiger partial charge >= 0.3 is 0 Å². The third-order valence-corrected chi connectivity index (χ3v) is 5.40. The molecule has 0 unspecified atom stereocenters. The van der Waals surface area contributed by atoms with Crippen LogP contribution in [0.4, 0.5) is 10.1 Å². The Morgan fingerprint density at radius 2 is 2.00 bits per heavy atom. The molecule has 0 atom stereocenters. The summed E-state index contributed by atoms with van der Waals surface area (Å²) in [4.78, 5) is 13.2. The molecule has 4 aromatic rings. The number of aromatic nitrogens is 2. The highest BCUT2D eigenvalue weighted by Gasteiger charge is 2.11. The molecule has 2 heterocycles. The maximum absolute atomic E-state index is 12.9. The summed E-state index contributed by atoms with van der Waals surface area (Å²) in [7, 11) is 0. The Kier molecular flexibility index (Phi) is 6.11. The van der Waals surface area contributed by atoms with Gasteiger partial charge < -0.3 is 10.1 Å². The molecule has 0 bridgehead atoms. The lowest BCUT2D eigenvalue weighted by molar-refractivity contribution is 0.103. The van der Waals surface area contributed by atoms with Crippen LogP contribution >= 0.6 is 22.9 Å². The minimum atomic E-state index is -0.311. The number of carbonyl (C=O) groups is 1. The first-order valence-electron chi connectivity index (χ1n) is 9.09. The number of amides is 1. The van der Waals surface area contributed by atoms with Gasteiger partial charge in [-0.25, -0.2) is 4.39 Å². The smallest absolute Gasteiger partial charge is 0.265 e. The lowest BCUT2D eigenvalue weighted by Gasteiger charge is -2.07. The molecule has 0 aliphatic carbocycles. The topological polar surface area (TPSA) is 56.2 Å². The van der Waals surface area contributed by atoms with Crippen LogP contribution in [0.15, 0.2) is 72.4 Å². The number of benzene rings is 2. The van der Waals surface area contributed by atoms with Crippen LogP contribution in [0.5, 0.6) is 5.75 Å². The molecular formula is C22H17ClFN3O2S. The summed E-state index contributed by atoms with van der Waals surface area (Å²) in [5.74, 6) is 0.0746. The van der Waals surface area contributed by atoms with Crippen LogP contribution in [0.3, 0.4) is 0 Å². The normalized spacial score (nSPS) is 10.7. The number of carbonyl (C=O) groups excluding carboxylic acids is 1. The second-order valence-corrected chi connectivity index (χ2v) is 7.92. The van der Waals surface area contributed by atoms with Gasteiger partial charge in [0, 0.05) is 17.4 Å². The average molecular weight is 442 g/mol. The number of hydrogen-bond acceptors (Lipinski definition) is 4. The monoisotopic (exact) mass is 441 g/mol. The highest BCUT2D eigenvalue weighted by molar-refractivity contribution is 7.12. The van der Waals surface area contributed by atoms with Gasteiger partial charge in [0.15, 0.2) is 0 Å². The number of rotatable bonds is 7. The van der Waals surface area contributed by atoms with Crippen LogP contribution in [-0.4, -0.2) is 15.7 Å². The van der Waals surface area contributed by atoms with Crippen molar-refractivity contribution in [1.82, 2.24) is 9.78 Å². The van der Waals surface area contributed by atoms with Gasteiger partial charge in [0.1, 0.15) is 18.2 Å². The van der Waals surface area contributed by atoms with E-state index < -0.39 is 0 Å². The zero-order valence-corrected chi connectivity index (χ0v) is 17.3. The van der Waals surface area contributed by atoms with Gasteiger partial charge in [-0.1, -0.05) is 23.7 Å². The van der Waals surface area contributed by atoms with Gasteiger partial charge in [-0.05, 0) is 53.4 Å². The van der Waals surface area contributed by atoms with Crippen LogP contribution in [0.25, 0.3) is 0 Å². The van der Waals surface area contributed by atoms with Crippen molar-refractivity contribution in [3.8, 4) is 5.75 Å². The summed E-state index contributed by atoms with van der Waals surface area (Å²) in [6.07, 6.45) is 3.33. The molecule has 4 rings (SSSR count). The molecule has 0 saturated heterocycles. The van der Waals surface area contributed by atoms with E-state index in [-0.39, 0.29) is 11.7 Å². The number of anilines is 1. The van der Waals surface area contributed by atoms with Crippen molar-refractivity contribution >= 4 is 34.5 Å². The van der Waals surface area contributed by atoms with E-state index in [1.165, 1.54) is 23.5 Å². The van der Waals surface area contributed by atoms with E-state index in [0.29, 0.717) is 34.5 Å². The lowest BCUT2D eigenvalue weighted by atomic mass is 10.2. The summed E-state index contributed by atoms with van der Waals surface area (Å²) in [6.45, 7) is 0.859. The van der Waals surface area contributed by atoms with Crippen molar-refractivity contribution in [3.63, 3.8) is 0 Å². The highest BCUT2D eigenvalue weighted by Crippen LogP contribution is 2.20. The fourth-order valence-electron chi connectivity index (χ4n) is 2.82. The zero-order valence-electron chi connectivity index (χ0n) is 15.7. The Bertz CT molecular complexity index is 1160. The zero-order chi connectivity index (χ0) is 20.9. The van der Waals surface area contributed by atoms with Crippen molar-refractivity contribution in [2.24, 2.45) is 0 Å². The van der Waals surface area contributed by atoms with E-state index in [2.05, 4.69) is 10.4 Å². The van der Waals surface area contributed by atoms with Crippen molar-refractivity contribution in [1.29, 1.82) is 0 Å². The first kappa shape index (κ1) is 20.1. The minimum Gasteiger partial charge on any atom is -0.489 e. The number of hydrogen-bond donors (Lipinski definition) is 1. The molecule has 0 aliphatic heterocycles. The van der Waals surface area contributed by atoms with Gasteiger partial charge in [-0.15, -0.1) is 11.3 Å². The van der Waals surface area contributed by atoms with Gasteiger partial charge in [-0.3, -0.25) is 9.48 Å². The largest absolute Gasteiger partial charge is 0.489 e. The molecule has 152 valence electrons. The summed E-state index contributed by atoms with van der Waals surface area (Å²) in [6, 6.07) is 15.2. The molecule has 1 N–H and O–H groups in total. The number of thiophene rings is 1. The van der Waals surface area contributed by atoms with Gasteiger partial charge in [0.25, 0.3) is 5.91 Å². The first-order chi connectivity index (χ1) is 14.5. The van der Waals surface area contributed by atoms with Gasteiger partial charge in [-0.2, -0.15) is 5.10 Å². The standard InChI is InChI=1S/C22H17ClFN3O2S/c23-17-10-25-27(12-17)11-15-2-1-3-19(8-15)26-22(28)21-9-16(14-30-21)13-29-20-6-4-18(24)5-7-20/h1-10,12,14H,11,13H2,(H,26,28). The highest BCUT2D eigenvalue weighted by atomic mass is 35.5. The quantitative estimate of drug-likeness (QED) is 0.405. The number of halogens is 2. The number of nitrogens with one attached hydrogen (secondary N) is 1. The van der Waals surface area contributed by atoms with Crippen LogP contribution < -0.4 is 10.1 Å². The Balaban J connectivity index is 1.36. The van der Waals surface area contributed by atoms with E-state index in [9.17, 15) is 9.18 Å². The minimum absolute atomic E-state index is 0.188. The SMILES string of the molecule is O=C(Nc1cccc(Cn2cc(Cl)cn2)c1)c1cc(COc2ccc(F)cc2)cs1.